The van der Waals surface area contributed by atoms with Gasteiger partial charge in [0.1, 0.15) is 5.75 Å². The summed E-state index contributed by atoms with van der Waals surface area (Å²) in [5.74, 6) is 0.635. The van der Waals surface area contributed by atoms with Crippen LogP contribution in [0.2, 0.25) is 0 Å². The Morgan fingerprint density at radius 2 is 2.17 bits per heavy atom. The first-order valence-corrected chi connectivity index (χ1v) is 6.47. The lowest BCUT2D eigenvalue weighted by molar-refractivity contribution is -0.203. The first kappa shape index (κ1) is 12.9. The number of amides is 1. The van der Waals surface area contributed by atoms with Gasteiger partial charge in [-0.05, 0) is 31.4 Å². The molecule has 1 atom stereocenters. The van der Waals surface area contributed by atoms with Crippen LogP contribution in [0, 0.1) is 0 Å². The van der Waals surface area contributed by atoms with Crippen LogP contribution >= 0.6 is 0 Å². The fraction of sp³-hybridized carbons (Fsp3) is 0.500. The molecule has 2 rings (SSSR count). The van der Waals surface area contributed by atoms with Crippen LogP contribution in [0.3, 0.4) is 0 Å². The van der Waals surface area contributed by atoms with Crippen molar-refractivity contribution in [3.63, 3.8) is 0 Å². The van der Waals surface area contributed by atoms with Crippen LogP contribution in [0.25, 0.3) is 0 Å². The lowest BCUT2D eigenvalue weighted by Crippen LogP contribution is -2.44. The summed E-state index contributed by atoms with van der Waals surface area (Å²) in [6.07, 6.45) is 2.17. The summed E-state index contributed by atoms with van der Waals surface area (Å²) in [6.45, 7) is 3.22. The number of hydroxylamine groups is 2. The molecule has 1 aliphatic heterocycles. The molecule has 1 aromatic rings. The average Bonchev–Trinajstić information content (AvgIpc) is 2.46. The molecule has 98 valence electrons. The standard InChI is InChI=1S/C14H19NO3/c1-2-13(18-12-8-4-3-5-9-12)14(16)15-10-6-7-11-17-15/h3-5,8-9,13H,2,6-7,10-11H2,1H3. The van der Waals surface area contributed by atoms with E-state index in [1.165, 1.54) is 5.06 Å². The highest BCUT2D eigenvalue weighted by Crippen LogP contribution is 2.16. The number of hydrogen-bond donors (Lipinski definition) is 0. The zero-order valence-electron chi connectivity index (χ0n) is 10.7. The molecule has 0 aromatic heterocycles. The second-order valence-electron chi connectivity index (χ2n) is 4.31. The van der Waals surface area contributed by atoms with Gasteiger partial charge >= 0.3 is 0 Å². The van der Waals surface area contributed by atoms with Gasteiger partial charge in [-0.1, -0.05) is 25.1 Å². The van der Waals surface area contributed by atoms with Crippen molar-refractivity contribution in [3.8, 4) is 5.75 Å². The third kappa shape index (κ3) is 3.23. The molecule has 1 fully saturated rings. The minimum Gasteiger partial charge on any atom is -0.481 e. The third-order valence-electron chi connectivity index (χ3n) is 2.92. The Bertz CT molecular complexity index is 374. The molecule has 4 nitrogen and oxygen atoms in total. The molecule has 0 radical (unpaired) electrons. The van der Waals surface area contributed by atoms with Crippen molar-refractivity contribution in [3.05, 3.63) is 30.3 Å². The van der Waals surface area contributed by atoms with Gasteiger partial charge in [0.2, 0.25) is 0 Å². The molecule has 1 unspecified atom stereocenters. The Hall–Kier alpha value is -1.55. The predicted octanol–water partition coefficient (Wildman–Crippen LogP) is 2.40. The van der Waals surface area contributed by atoms with Crippen LogP contribution < -0.4 is 4.74 Å². The van der Waals surface area contributed by atoms with Crippen molar-refractivity contribution >= 4 is 5.91 Å². The van der Waals surface area contributed by atoms with Gasteiger partial charge in [0.15, 0.2) is 6.10 Å². The van der Waals surface area contributed by atoms with E-state index in [0.717, 1.165) is 18.6 Å². The van der Waals surface area contributed by atoms with Crippen LogP contribution in [-0.2, 0) is 9.63 Å². The molecule has 0 bridgehead atoms. The fourth-order valence-corrected chi connectivity index (χ4v) is 1.90. The molecule has 1 aliphatic rings. The summed E-state index contributed by atoms with van der Waals surface area (Å²) >= 11 is 0. The smallest absolute Gasteiger partial charge is 0.287 e. The van der Waals surface area contributed by atoms with Gasteiger partial charge in [-0.3, -0.25) is 9.63 Å². The number of rotatable bonds is 4. The van der Waals surface area contributed by atoms with Crippen molar-refractivity contribution in [1.82, 2.24) is 5.06 Å². The highest BCUT2D eigenvalue weighted by molar-refractivity contribution is 5.80. The fourth-order valence-electron chi connectivity index (χ4n) is 1.90. The minimum atomic E-state index is -0.467. The molecule has 4 heteroatoms. The second kappa shape index (κ2) is 6.40. The van der Waals surface area contributed by atoms with Crippen LogP contribution in [-0.4, -0.2) is 30.2 Å². The zero-order valence-corrected chi connectivity index (χ0v) is 10.7. The van der Waals surface area contributed by atoms with Crippen LogP contribution in [0.1, 0.15) is 26.2 Å². The number of carbonyl (C=O) groups is 1. The van der Waals surface area contributed by atoms with E-state index >= 15 is 0 Å². The van der Waals surface area contributed by atoms with E-state index in [1.54, 1.807) is 0 Å². The van der Waals surface area contributed by atoms with Gasteiger partial charge in [-0.2, -0.15) is 0 Å². The van der Waals surface area contributed by atoms with E-state index < -0.39 is 6.10 Å². The van der Waals surface area contributed by atoms with Gasteiger partial charge in [0.05, 0.1) is 6.61 Å². The van der Waals surface area contributed by atoms with E-state index in [0.29, 0.717) is 19.6 Å². The Morgan fingerprint density at radius 1 is 1.39 bits per heavy atom. The number of benzene rings is 1. The van der Waals surface area contributed by atoms with Gasteiger partial charge in [-0.25, -0.2) is 5.06 Å². The number of ether oxygens (including phenoxy) is 1. The van der Waals surface area contributed by atoms with Gasteiger partial charge < -0.3 is 4.74 Å². The van der Waals surface area contributed by atoms with Crippen molar-refractivity contribution in [1.29, 1.82) is 0 Å². The summed E-state index contributed by atoms with van der Waals surface area (Å²) in [5, 5.41) is 1.45. The first-order chi connectivity index (χ1) is 8.81. The molecule has 0 aliphatic carbocycles. The molecular weight excluding hydrogens is 230 g/mol. The van der Waals surface area contributed by atoms with Crippen molar-refractivity contribution in [2.75, 3.05) is 13.2 Å². The Balaban J connectivity index is 1.97. The Labute approximate surface area is 107 Å². The number of nitrogens with zero attached hydrogens (tertiary/aromatic N) is 1. The quantitative estimate of drug-likeness (QED) is 0.822. The molecule has 1 aromatic carbocycles. The molecule has 1 saturated heterocycles. The summed E-state index contributed by atoms with van der Waals surface area (Å²) in [4.78, 5) is 17.6. The monoisotopic (exact) mass is 249 g/mol. The maximum Gasteiger partial charge on any atom is 0.287 e. The number of hydrogen-bond acceptors (Lipinski definition) is 3. The molecule has 0 spiro atoms. The van der Waals surface area contributed by atoms with E-state index in [2.05, 4.69) is 0 Å². The van der Waals surface area contributed by atoms with Gasteiger partial charge in [0.25, 0.3) is 5.91 Å². The highest BCUT2D eigenvalue weighted by Gasteiger charge is 2.26. The number of para-hydroxylation sites is 1. The summed E-state index contributed by atoms with van der Waals surface area (Å²) in [5.41, 5.74) is 0. The normalized spacial score (nSPS) is 17.3. The van der Waals surface area contributed by atoms with E-state index in [4.69, 9.17) is 9.57 Å². The van der Waals surface area contributed by atoms with Crippen LogP contribution in [0.5, 0.6) is 5.75 Å². The van der Waals surface area contributed by atoms with E-state index in [9.17, 15) is 4.79 Å². The van der Waals surface area contributed by atoms with Crippen molar-refractivity contribution < 1.29 is 14.4 Å². The first-order valence-electron chi connectivity index (χ1n) is 6.47. The van der Waals surface area contributed by atoms with E-state index in [-0.39, 0.29) is 5.91 Å². The van der Waals surface area contributed by atoms with Crippen molar-refractivity contribution in [2.24, 2.45) is 0 Å². The highest BCUT2D eigenvalue weighted by atomic mass is 16.7. The zero-order chi connectivity index (χ0) is 12.8. The van der Waals surface area contributed by atoms with Crippen LogP contribution in [0.15, 0.2) is 30.3 Å². The van der Waals surface area contributed by atoms with Crippen molar-refractivity contribution in [2.45, 2.75) is 32.3 Å². The summed E-state index contributed by atoms with van der Waals surface area (Å²) < 4.78 is 5.71. The third-order valence-corrected chi connectivity index (χ3v) is 2.92. The molecule has 18 heavy (non-hydrogen) atoms. The lowest BCUT2D eigenvalue weighted by atomic mass is 10.2. The second-order valence-corrected chi connectivity index (χ2v) is 4.31. The maximum absolute atomic E-state index is 12.2. The van der Waals surface area contributed by atoms with Gasteiger partial charge in [0, 0.05) is 6.54 Å². The topological polar surface area (TPSA) is 38.8 Å². The Kier molecular flexibility index (Phi) is 4.59. The largest absolute Gasteiger partial charge is 0.481 e. The van der Waals surface area contributed by atoms with Crippen LogP contribution in [0.4, 0.5) is 0 Å². The molecule has 0 N–H and O–H groups in total. The molecule has 0 saturated carbocycles. The SMILES string of the molecule is CCC(Oc1ccccc1)C(=O)N1CCCCO1. The average molecular weight is 249 g/mol. The van der Waals surface area contributed by atoms with Gasteiger partial charge in [-0.15, -0.1) is 0 Å². The summed E-state index contributed by atoms with van der Waals surface area (Å²) in [6, 6.07) is 9.41. The maximum atomic E-state index is 12.2. The lowest BCUT2D eigenvalue weighted by Gasteiger charge is -2.29. The molecular formula is C14H19NO3. The number of carbonyl (C=O) groups excluding carboxylic acids is 1. The predicted molar refractivity (Wildman–Crippen MR) is 68.0 cm³/mol. The Morgan fingerprint density at radius 3 is 2.78 bits per heavy atom. The molecule has 1 amide bonds. The molecule has 1 heterocycles. The summed E-state index contributed by atoms with van der Waals surface area (Å²) in [7, 11) is 0. The minimum absolute atomic E-state index is 0.0824. The van der Waals surface area contributed by atoms with E-state index in [1.807, 2.05) is 37.3 Å².